The molecule has 6 heteroatoms. The largest absolute Gasteiger partial charge is 0.465 e. The van der Waals surface area contributed by atoms with Crippen LogP contribution in [0.3, 0.4) is 0 Å². The molecule has 0 aliphatic carbocycles. The summed E-state index contributed by atoms with van der Waals surface area (Å²) < 4.78 is 9.95. The van der Waals surface area contributed by atoms with Crippen LogP contribution in [0.1, 0.15) is 72.1 Å². The molecule has 0 aliphatic heterocycles. The van der Waals surface area contributed by atoms with Crippen molar-refractivity contribution in [1.29, 1.82) is 0 Å². The molecule has 6 nitrogen and oxygen atoms in total. The maximum Gasteiger partial charge on any atom is 0.308 e. The molecule has 23 heavy (non-hydrogen) atoms. The smallest absolute Gasteiger partial charge is 0.308 e. The first-order chi connectivity index (χ1) is 10.8. The Morgan fingerprint density at radius 2 is 1.65 bits per heavy atom. The summed E-state index contributed by atoms with van der Waals surface area (Å²) in [6.07, 6.45) is 3.77. The van der Waals surface area contributed by atoms with Gasteiger partial charge in [-0.05, 0) is 19.3 Å². The average molecular weight is 332 g/mol. The molecule has 0 radical (unpaired) electrons. The first-order valence-corrected chi connectivity index (χ1v) is 8.44. The molecule has 0 fully saturated rings. The number of hydrogen-bond donors (Lipinski definition) is 2. The van der Waals surface area contributed by atoms with Gasteiger partial charge in [0, 0.05) is 24.7 Å². The number of carbonyl (C=O) groups excluding carboxylic acids is 2. The molecule has 2 N–H and O–H groups in total. The van der Waals surface area contributed by atoms with Gasteiger partial charge >= 0.3 is 11.9 Å². The predicted molar refractivity (Wildman–Crippen MR) is 86.5 cm³/mol. The highest BCUT2D eigenvalue weighted by atomic mass is 16.6. The molecule has 0 saturated carbocycles. The maximum absolute atomic E-state index is 11.5. The van der Waals surface area contributed by atoms with Gasteiger partial charge in [0.2, 0.25) is 6.29 Å². The van der Waals surface area contributed by atoms with Crippen molar-refractivity contribution < 1.29 is 29.3 Å². The summed E-state index contributed by atoms with van der Waals surface area (Å²) in [5, 5.41) is 18.6. The zero-order chi connectivity index (χ0) is 17.7. The number of esters is 2. The van der Waals surface area contributed by atoms with Crippen molar-refractivity contribution in [2.45, 2.75) is 78.4 Å². The molecular formula is C17H32O6. The van der Waals surface area contributed by atoms with Crippen molar-refractivity contribution in [1.82, 2.24) is 0 Å². The minimum atomic E-state index is -1.03. The summed E-state index contributed by atoms with van der Waals surface area (Å²) >= 11 is 0. The molecule has 0 aromatic heterocycles. The third-order valence-electron chi connectivity index (χ3n) is 3.39. The van der Waals surface area contributed by atoms with E-state index in [1.807, 2.05) is 13.8 Å². The van der Waals surface area contributed by atoms with Crippen molar-refractivity contribution in [2.75, 3.05) is 13.2 Å². The van der Waals surface area contributed by atoms with Crippen LogP contribution in [0.4, 0.5) is 0 Å². The van der Waals surface area contributed by atoms with Crippen LogP contribution in [0.5, 0.6) is 0 Å². The highest BCUT2D eigenvalue weighted by Gasteiger charge is 2.19. The monoisotopic (exact) mass is 332 g/mol. The van der Waals surface area contributed by atoms with Crippen LogP contribution in [0.15, 0.2) is 0 Å². The molecule has 0 heterocycles. The second-order valence-corrected chi connectivity index (χ2v) is 6.63. The highest BCUT2D eigenvalue weighted by Crippen LogP contribution is 2.14. The van der Waals surface area contributed by atoms with Gasteiger partial charge in [-0.2, -0.15) is 0 Å². The zero-order valence-electron chi connectivity index (χ0n) is 14.7. The SMILES string of the molecule is CCCCCC(O)OC(=O)CCCCC(=O)OCC(C)(C)CO. The molecule has 136 valence electrons. The van der Waals surface area contributed by atoms with Crippen molar-refractivity contribution in [3.8, 4) is 0 Å². The molecule has 1 atom stereocenters. The molecule has 1 unspecified atom stereocenters. The van der Waals surface area contributed by atoms with Crippen LogP contribution in [0.25, 0.3) is 0 Å². The summed E-state index contributed by atoms with van der Waals surface area (Å²) in [6.45, 7) is 5.80. The van der Waals surface area contributed by atoms with E-state index in [1.165, 1.54) is 0 Å². The Bertz CT molecular complexity index is 340. The molecule has 0 bridgehead atoms. The van der Waals surface area contributed by atoms with Crippen molar-refractivity contribution >= 4 is 11.9 Å². The fourth-order valence-corrected chi connectivity index (χ4v) is 1.77. The second kappa shape index (κ2) is 12.3. The second-order valence-electron chi connectivity index (χ2n) is 6.63. The molecule has 0 saturated heterocycles. The van der Waals surface area contributed by atoms with Crippen LogP contribution in [-0.4, -0.2) is 41.7 Å². The zero-order valence-corrected chi connectivity index (χ0v) is 14.7. The molecule has 0 spiro atoms. The number of rotatable bonds is 13. The van der Waals surface area contributed by atoms with Gasteiger partial charge in [0.15, 0.2) is 0 Å². The van der Waals surface area contributed by atoms with Crippen LogP contribution in [-0.2, 0) is 19.1 Å². The summed E-state index contributed by atoms with van der Waals surface area (Å²) in [5.41, 5.74) is -0.437. The van der Waals surface area contributed by atoms with Crippen LogP contribution < -0.4 is 0 Å². The highest BCUT2D eigenvalue weighted by molar-refractivity contribution is 5.70. The van der Waals surface area contributed by atoms with E-state index >= 15 is 0 Å². The number of carbonyl (C=O) groups is 2. The first-order valence-electron chi connectivity index (χ1n) is 8.44. The standard InChI is InChI=1S/C17H32O6/c1-4-5-6-10-15(20)23-16(21)11-8-7-9-14(19)22-13-17(2,3)12-18/h15,18,20H,4-13H2,1-3H3. The Kier molecular flexibility index (Phi) is 11.7. The summed E-state index contributed by atoms with van der Waals surface area (Å²) in [5.74, 6) is -0.775. The van der Waals surface area contributed by atoms with Gasteiger partial charge in [0.1, 0.15) is 0 Å². The fraction of sp³-hybridized carbons (Fsp3) is 0.882. The van der Waals surface area contributed by atoms with E-state index in [9.17, 15) is 14.7 Å². The van der Waals surface area contributed by atoms with Gasteiger partial charge in [-0.15, -0.1) is 0 Å². The van der Waals surface area contributed by atoms with Gasteiger partial charge in [-0.25, -0.2) is 0 Å². The summed E-state index contributed by atoms with van der Waals surface area (Å²) in [6, 6.07) is 0. The normalized spacial score (nSPS) is 12.7. The Morgan fingerprint density at radius 1 is 1.04 bits per heavy atom. The van der Waals surface area contributed by atoms with E-state index in [1.54, 1.807) is 0 Å². The molecule has 0 aliphatic rings. The first kappa shape index (κ1) is 21.9. The van der Waals surface area contributed by atoms with Gasteiger partial charge in [0.05, 0.1) is 13.2 Å². The van der Waals surface area contributed by atoms with E-state index in [0.717, 1.165) is 19.3 Å². The minimum Gasteiger partial charge on any atom is -0.465 e. The number of aliphatic hydroxyl groups is 2. The van der Waals surface area contributed by atoms with Crippen molar-refractivity contribution in [3.63, 3.8) is 0 Å². The Balaban J connectivity index is 3.66. The molecular weight excluding hydrogens is 300 g/mol. The van der Waals surface area contributed by atoms with E-state index in [0.29, 0.717) is 19.3 Å². The average Bonchev–Trinajstić information content (AvgIpc) is 2.50. The number of unbranched alkanes of at least 4 members (excludes halogenated alkanes) is 3. The minimum absolute atomic E-state index is 0.0489. The molecule has 0 amide bonds. The Labute approximate surface area is 139 Å². The van der Waals surface area contributed by atoms with Gasteiger partial charge in [0.25, 0.3) is 0 Å². The fourth-order valence-electron chi connectivity index (χ4n) is 1.77. The molecule has 0 rings (SSSR count). The van der Waals surface area contributed by atoms with E-state index in [4.69, 9.17) is 14.6 Å². The third-order valence-corrected chi connectivity index (χ3v) is 3.39. The topological polar surface area (TPSA) is 93.1 Å². The van der Waals surface area contributed by atoms with Gasteiger partial charge < -0.3 is 19.7 Å². The van der Waals surface area contributed by atoms with Gasteiger partial charge in [-0.3, -0.25) is 9.59 Å². The maximum atomic E-state index is 11.5. The van der Waals surface area contributed by atoms with Crippen LogP contribution in [0, 0.1) is 5.41 Å². The van der Waals surface area contributed by atoms with Crippen LogP contribution >= 0.6 is 0 Å². The molecule has 0 aromatic carbocycles. The van der Waals surface area contributed by atoms with E-state index < -0.39 is 17.7 Å². The van der Waals surface area contributed by atoms with E-state index in [2.05, 4.69) is 6.92 Å². The lowest BCUT2D eigenvalue weighted by atomic mass is 9.97. The lowest BCUT2D eigenvalue weighted by Crippen LogP contribution is -2.25. The Hall–Kier alpha value is -1.14. The van der Waals surface area contributed by atoms with E-state index in [-0.39, 0.29) is 32.0 Å². The van der Waals surface area contributed by atoms with Gasteiger partial charge in [-0.1, -0.05) is 33.6 Å². The molecule has 0 aromatic rings. The number of hydrogen-bond acceptors (Lipinski definition) is 6. The lowest BCUT2D eigenvalue weighted by Gasteiger charge is -2.20. The van der Waals surface area contributed by atoms with Crippen molar-refractivity contribution in [3.05, 3.63) is 0 Å². The number of aliphatic hydroxyl groups excluding tert-OH is 2. The Morgan fingerprint density at radius 3 is 2.22 bits per heavy atom. The quantitative estimate of drug-likeness (QED) is 0.306. The van der Waals surface area contributed by atoms with Crippen LogP contribution in [0.2, 0.25) is 0 Å². The lowest BCUT2D eigenvalue weighted by molar-refractivity contribution is -0.169. The number of ether oxygens (including phenoxy) is 2. The summed E-state index contributed by atoms with van der Waals surface area (Å²) in [7, 11) is 0. The third kappa shape index (κ3) is 13.0. The van der Waals surface area contributed by atoms with Crippen molar-refractivity contribution in [2.24, 2.45) is 5.41 Å². The predicted octanol–water partition coefficient (Wildman–Crippen LogP) is 2.55. The summed E-state index contributed by atoms with van der Waals surface area (Å²) in [4.78, 5) is 23.0.